The molecule has 51 heavy (non-hydrogen) atoms. The van der Waals surface area contributed by atoms with E-state index in [0.717, 1.165) is 27.3 Å². The molecule has 0 fully saturated rings. The summed E-state index contributed by atoms with van der Waals surface area (Å²) in [7, 11) is 0. The zero-order valence-corrected chi connectivity index (χ0v) is 26.4. The molecule has 8 N–H and O–H groups in total. The highest BCUT2D eigenvalue weighted by Gasteiger charge is 2.32. The second kappa shape index (κ2) is 10.6. The normalized spacial score (nSPS) is 11.8. The van der Waals surface area contributed by atoms with E-state index in [-0.39, 0.29) is 32.7 Å². The van der Waals surface area contributed by atoms with E-state index in [1.165, 1.54) is 0 Å². The van der Waals surface area contributed by atoms with Crippen molar-refractivity contribution in [2.45, 2.75) is 0 Å². The number of para-hydroxylation sites is 1. The zero-order chi connectivity index (χ0) is 35.3. The van der Waals surface area contributed by atoms with E-state index in [1.54, 1.807) is 36.4 Å². The van der Waals surface area contributed by atoms with E-state index >= 15 is 0 Å². The highest BCUT2D eigenvalue weighted by molar-refractivity contribution is 6.29. The van der Waals surface area contributed by atoms with Crippen molar-refractivity contribution in [3.8, 4) is 79.4 Å². The van der Waals surface area contributed by atoms with Crippen molar-refractivity contribution in [3.05, 3.63) is 109 Å². The van der Waals surface area contributed by atoms with Gasteiger partial charge in [-0.25, -0.2) is 0 Å². The van der Waals surface area contributed by atoms with Crippen LogP contribution in [0, 0.1) is 0 Å². The summed E-state index contributed by atoms with van der Waals surface area (Å²) in [6.07, 6.45) is 0. The SMILES string of the molecule is Oc1c(O)c(O)c2c(-c3ccc4oc5ccccc5c4c3)c3c(O)c(O)c(O)c(O)c3c(-c3ccc4cc(-c5ccccc5)ccc4c3)c2c1O. The van der Waals surface area contributed by atoms with Gasteiger partial charge in [-0.1, -0.05) is 78.9 Å². The van der Waals surface area contributed by atoms with Gasteiger partial charge >= 0.3 is 0 Å². The Hall–Kier alpha value is -7.26. The van der Waals surface area contributed by atoms with Crippen molar-refractivity contribution >= 4 is 54.3 Å². The maximum absolute atomic E-state index is 11.6. The number of hydrogen-bond donors (Lipinski definition) is 8. The van der Waals surface area contributed by atoms with Gasteiger partial charge in [-0.3, -0.25) is 0 Å². The van der Waals surface area contributed by atoms with Crippen molar-refractivity contribution in [1.82, 2.24) is 0 Å². The first kappa shape index (κ1) is 29.8. The van der Waals surface area contributed by atoms with Crippen LogP contribution in [0.25, 0.3) is 87.6 Å². The Labute approximate surface area is 287 Å². The fourth-order valence-electron chi connectivity index (χ4n) is 7.29. The molecule has 248 valence electrons. The standard InChI is InChI=1S/C42H26O9/c43-35-31-29(23-13-12-21-16-20(10-11-22(21)17-23)19-6-2-1-3-7-19)32-34(38(46)42(50)40(48)36(32)44)30(33(31)37(45)41(49)39(35)47)24-14-15-28-26(18-24)25-8-4-5-9-27(25)51-28/h1-18,43-50H. The minimum atomic E-state index is -1.03. The molecule has 0 saturated carbocycles. The zero-order valence-electron chi connectivity index (χ0n) is 26.4. The number of rotatable bonds is 3. The van der Waals surface area contributed by atoms with E-state index in [9.17, 15) is 40.9 Å². The average molecular weight is 675 g/mol. The minimum absolute atomic E-state index is 0.0150. The summed E-state index contributed by atoms with van der Waals surface area (Å²) >= 11 is 0. The van der Waals surface area contributed by atoms with Gasteiger partial charge in [-0.05, 0) is 63.4 Å². The second-order valence-corrected chi connectivity index (χ2v) is 12.5. The Morgan fingerprint density at radius 1 is 0.314 bits per heavy atom. The Morgan fingerprint density at radius 2 is 0.745 bits per heavy atom. The second-order valence-electron chi connectivity index (χ2n) is 12.5. The highest BCUT2D eigenvalue weighted by atomic mass is 16.4. The Kier molecular flexibility index (Phi) is 6.21. The van der Waals surface area contributed by atoms with E-state index in [0.29, 0.717) is 27.7 Å². The Balaban J connectivity index is 1.45. The molecule has 0 aliphatic rings. The molecule has 1 heterocycles. The Bertz CT molecular complexity index is 2860. The van der Waals surface area contributed by atoms with Crippen LogP contribution in [0.3, 0.4) is 0 Å². The number of fused-ring (bicyclic) bond motifs is 6. The fourth-order valence-corrected chi connectivity index (χ4v) is 7.29. The average Bonchev–Trinajstić information content (AvgIpc) is 3.54. The van der Waals surface area contributed by atoms with Crippen LogP contribution in [0.2, 0.25) is 0 Å². The summed E-state index contributed by atoms with van der Waals surface area (Å²) in [6, 6.07) is 33.2. The molecule has 0 aliphatic carbocycles. The van der Waals surface area contributed by atoms with Crippen LogP contribution in [0.5, 0.6) is 46.0 Å². The number of benzene rings is 8. The molecule has 9 rings (SSSR count). The monoisotopic (exact) mass is 674 g/mol. The van der Waals surface area contributed by atoms with E-state index < -0.39 is 46.0 Å². The van der Waals surface area contributed by atoms with Crippen molar-refractivity contribution in [2.24, 2.45) is 0 Å². The van der Waals surface area contributed by atoms with Gasteiger partial charge in [0.1, 0.15) is 11.2 Å². The number of hydrogen-bond acceptors (Lipinski definition) is 9. The predicted octanol–water partition coefficient (Wildman–Crippen LogP) is 9.69. The quantitative estimate of drug-likeness (QED) is 0.0515. The summed E-state index contributed by atoms with van der Waals surface area (Å²) in [4.78, 5) is 0. The first-order chi connectivity index (χ1) is 24.6. The van der Waals surface area contributed by atoms with E-state index in [2.05, 4.69) is 0 Å². The smallest absolute Gasteiger partial charge is 0.204 e. The molecule has 0 aliphatic heterocycles. The van der Waals surface area contributed by atoms with Gasteiger partial charge in [0.2, 0.25) is 23.0 Å². The molecule has 0 spiro atoms. The van der Waals surface area contributed by atoms with Crippen LogP contribution in [0.15, 0.2) is 114 Å². The molecule has 8 aromatic carbocycles. The molecule has 0 unspecified atom stereocenters. The summed E-state index contributed by atoms with van der Waals surface area (Å²) in [5.74, 6) is -7.45. The lowest BCUT2D eigenvalue weighted by Gasteiger charge is -2.22. The largest absolute Gasteiger partial charge is 0.504 e. The van der Waals surface area contributed by atoms with Gasteiger partial charge in [-0.2, -0.15) is 0 Å². The summed E-state index contributed by atoms with van der Waals surface area (Å²) in [6.45, 7) is 0. The molecule has 0 bridgehead atoms. The van der Waals surface area contributed by atoms with Crippen LogP contribution in [0.4, 0.5) is 0 Å². The van der Waals surface area contributed by atoms with Crippen LogP contribution in [-0.4, -0.2) is 40.9 Å². The first-order valence-corrected chi connectivity index (χ1v) is 15.9. The first-order valence-electron chi connectivity index (χ1n) is 15.9. The lowest BCUT2D eigenvalue weighted by atomic mass is 9.83. The van der Waals surface area contributed by atoms with Crippen LogP contribution >= 0.6 is 0 Å². The molecule has 0 amide bonds. The van der Waals surface area contributed by atoms with Gasteiger partial charge in [-0.15, -0.1) is 0 Å². The predicted molar refractivity (Wildman–Crippen MR) is 196 cm³/mol. The van der Waals surface area contributed by atoms with Gasteiger partial charge in [0.25, 0.3) is 0 Å². The number of phenolic OH excluding ortho intramolecular Hbond substituents is 8. The number of phenols is 8. The number of furan rings is 1. The fraction of sp³-hybridized carbons (Fsp3) is 0. The van der Waals surface area contributed by atoms with Crippen molar-refractivity contribution in [3.63, 3.8) is 0 Å². The maximum atomic E-state index is 11.6. The third-order valence-electron chi connectivity index (χ3n) is 9.69. The van der Waals surface area contributed by atoms with Gasteiger partial charge in [0.05, 0.1) is 0 Å². The Morgan fingerprint density at radius 3 is 1.31 bits per heavy atom. The van der Waals surface area contributed by atoms with Crippen LogP contribution < -0.4 is 0 Å². The van der Waals surface area contributed by atoms with Crippen LogP contribution in [-0.2, 0) is 0 Å². The topological polar surface area (TPSA) is 175 Å². The molecule has 0 atom stereocenters. The highest BCUT2D eigenvalue weighted by Crippen LogP contribution is 2.62. The van der Waals surface area contributed by atoms with E-state index in [4.69, 9.17) is 4.42 Å². The molecular formula is C42H26O9. The molecular weight excluding hydrogens is 648 g/mol. The van der Waals surface area contributed by atoms with Crippen molar-refractivity contribution in [1.29, 1.82) is 0 Å². The van der Waals surface area contributed by atoms with Crippen LogP contribution in [0.1, 0.15) is 0 Å². The summed E-state index contributed by atoms with van der Waals surface area (Å²) in [5.41, 5.74) is 3.72. The lowest BCUT2D eigenvalue weighted by Crippen LogP contribution is -1.95. The van der Waals surface area contributed by atoms with Crippen molar-refractivity contribution in [2.75, 3.05) is 0 Å². The lowest BCUT2D eigenvalue weighted by molar-refractivity contribution is 0.350. The van der Waals surface area contributed by atoms with Gasteiger partial charge < -0.3 is 45.3 Å². The molecule has 9 aromatic rings. The molecule has 0 saturated heterocycles. The third-order valence-corrected chi connectivity index (χ3v) is 9.69. The van der Waals surface area contributed by atoms with Gasteiger partial charge in [0, 0.05) is 43.4 Å². The molecule has 1 aromatic heterocycles. The third kappa shape index (κ3) is 4.15. The maximum Gasteiger partial charge on any atom is 0.204 e. The number of aromatic hydroxyl groups is 8. The van der Waals surface area contributed by atoms with Gasteiger partial charge in [0.15, 0.2) is 23.0 Å². The minimum Gasteiger partial charge on any atom is -0.504 e. The summed E-state index contributed by atoms with van der Waals surface area (Å²) in [5, 5.41) is 92.0. The molecule has 0 radical (unpaired) electrons. The summed E-state index contributed by atoms with van der Waals surface area (Å²) < 4.78 is 5.99. The molecule has 9 heteroatoms. The molecule has 9 nitrogen and oxygen atoms in total. The van der Waals surface area contributed by atoms with Crippen molar-refractivity contribution < 1.29 is 45.3 Å². The van der Waals surface area contributed by atoms with E-state index in [1.807, 2.05) is 72.8 Å².